The lowest BCUT2D eigenvalue weighted by molar-refractivity contribution is 0.0599. The number of aryl methyl sites for hydroxylation is 3. The Bertz CT molecular complexity index is 745. The molecule has 0 saturated carbocycles. The van der Waals surface area contributed by atoms with Crippen molar-refractivity contribution in [2.75, 3.05) is 18.4 Å². The van der Waals surface area contributed by atoms with Gasteiger partial charge in [0.1, 0.15) is 17.7 Å². The average Bonchev–Trinajstić information content (AvgIpc) is 3.20. The van der Waals surface area contributed by atoms with Gasteiger partial charge in [0.25, 0.3) is 0 Å². The van der Waals surface area contributed by atoms with Crippen molar-refractivity contribution in [1.29, 1.82) is 0 Å². The lowest BCUT2D eigenvalue weighted by Gasteiger charge is -2.34. The van der Waals surface area contributed by atoms with Crippen LogP contribution in [0.3, 0.4) is 0 Å². The second kappa shape index (κ2) is 7.90. The largest absolute Gasteiger partial charge is 0.385 e. The van der Waals surface area contributed by atoms with Crippen LogP contribution in [0.25, 0.3) is 0 Å². The van der Waals surface area contributed by atoms with Crippen LogP contribution in [0.1, 0.15) is 43.8 Å². The van der Waals surface area contributed by atoms with E-state index in [-0.39, 0.29) is 11.9 Å². The minimum absolute atomic E-state index is 0.104. The van der Waals surface area contributed by atoms with E-state index in [0.29, 0.717) is 18.9 Å². The fraction of sp³-hybridized carbons (Fsp3) is 0.611. The number of carbonyl (C=O) groups excluding carboxylic acids is 1. The summed E-state index contributed by atoms with van der Waals surface area (Å²) < 4.78 is 3.69. The van der Waals surface area contributed by atoms with Crippen molar-refractivity contribution >= 4 is 11.8 Å². The third-order valence-electron chi connectivity index (χ3n) is 4.97. The molecule has 3 rings (SSSR count). The summed E-state index contributed by atoms with van der Waals surface area (Å²) in [6, 6.07) is 1.79. The summed E-state index contributed by atoms with van der Waals surface area (Å²) in [6.45, 7) is 6.03. The minimum atomic E-state index is -0.589. The molecular weight excluding hydrogens is 332 g/mol. The highest BCUT2D eigenvalue weighted by Gasteiger charge is 2.30. The van der Waals surface area contributed by atoms with E-state index in [1.54, 1.807) is 11.1 Å². The van der Waals surface area contributed by atoms with Gasteiger partial charge < -0.3 is 14.6 Å². The number of imidazole rings is 1. The van der Waals surface area contributed by atoms with Crippen LogP contribution in [0.5, 0.6) is 0 Å². The highest BCUT2D eigenvalue weighted by atomic mass is 16.3. The van der Waals surface area contributed by atoms with Gasteiger partial charge in [0.15, 0.2) is 0 Å². The molecule has 0 spiro atoms. The van der Waals surface area contributed by atoms with Gasteiger partial charge in [-0.25, -0.2) is 14.5 Å². The zero-order valence-corrected chi connectivity index (χ0v) is 15.7. The number of anilines is 1. The van der Waals surface area contributed by atoms with Crippen LogP contribution in [0.15, 0.2) is 18.5 Å². The molecule has 142 valence electrons. The van der Waals surface area contributed by atoms with E-state index in [9.17, 15) is 9.90 Å². The van der Waals surface area contributed by atoms with Crippen molar-refractivity contribution in [2.45, 2.75) is 45.8 Å². The maximum Gasteiger partial charge on any atom is 0.322 e. The Morgan fingerprint density at radius 1 is 1.42 bits per heavy atom. The summed E-state index contributed by atoms with van der Waals surface area (Å²) in [5.74, 6) is 1.55. The maximum atomic E-state index is 12.6. The van der Waals surface area contributed by atoms with Crippen LogP contribution >= 0.6 is 0 Å². The third-order valence-corrected chi connectivity index (χ3v) is 4.97. The third kappa shape index (κ3) is 3.90. The summed E-state index contributed by atoms with van der Waals surface area (Å²) in [4.78, 5) is 18.6. The molecule has 0 aromatic carbocycles. The van der Waals surface area contributed by atoms with E-state index in [4.69, 9.17) is 0 Å². The quantitative estimate of drug-likeness (QED) is 0.856. The van der Waals surface area contributed by atoms with Gasteiger partial charge in [0.2, 0.25) is 0 Å². The van der Waals surface area contributed by atoms with Crippen molar-refractivity contribution in [1.82, 2.24) is 24.2 Å². The molecule has 2 amide bonds. The standard InChI is InChI=1S/C18H28N6O2/c1-4-8-24-15(12-13(2)21-24)20-18(26)23-9-5-14(6-10-23)16(25)17-19-7-11-22(17)3/h7,11-12,14,16,25H,4-6,8-10H2,1-3H3,(H,20,26). The number of aromatic nitrogens is 4. The van der Waals surface area contributed by atoms with E-state index in [1.807, 2.05) is 35.5 Å². The van der Waals surface area contributed by atoms with E-state index >= 15 is 0 Å². The molecule has 1 saturated heterocycles. The first-order valence-corrected chi connectivity index (χ1v) is 9.25. The smallest absolute Gasteiger partial charge is 0.322 e. The highest BCUT2D eigenvalue weighted by Crippen LogP contribution is 2.30. The van der Waals surface area contributed by atoms with Gasteiger partial charge in [0.05, 0.1) is 5.69 Å². The van der Waals surface area contributed by atoms with Gasteiger partial charge >= 0.3 is 6.03 Å². The molecule has 1 unspecified atom stereocenters. The second-order valence-electron chi connectivity index (χ2n) is 6.99. The molecule has 8 heteroatoms. The Kier molecular flexibility index (Phi) is 5.61. The summed E-state index contributed by atoms with van der Waals surface area (Å²) in [6.07, 6.45) is 5.42. The van der Waals surface area contributed by atoms with Crippen LogP contribution in [-0.4, -0.2) is 48.5 Å². The molecule has 1 aliphatic rings. The molecule has 3 heterocycles. The Morgan fingerprint density at radius 3 is 2.77 bits per heavy atom. The number of aliphatic hydroxyl groups is 1. The zero-order chi connectivity index (χ0) is 18.7. The SMILES string of the molecule is CCCn1nc(C)cc1NC(=O)N1CCC(C(O)c2nccn2C)CC1. The topological polar surface area (TPSA) is 88.2 Å². The molecule has 2 aromatic rings. The highest BCUT2D eigenvalue weighted by molar-refractivity contribution is 5.88. The lowest BCUT2D eigenvalue weighted by atomic mass is 9.91. The van der Waals surface area contributed by atoms with Crippen molar-refractivity contribution < 1.29 is 9.90 Å². The monoisotopic (exact) mass is 360 g/mol. The summed E-state index contributed by atoms with van der Waals surface area (Å²) in [5.41, 5.74) is 0.894. The Balaban J connectivity index is 1.56. The fourth-order valence-corrected chi connectivity index (χ4v) is 3.51. The predicted molar refractivity (Wildman–Crippen MR) is 98.7 cm³/mol. The first-order valence-electron chi connectivity index (χ1n) is 9.25. The van der Waals surface area contributed by atoms with E-state index < -0.39 is 6.10 Å². The van der Waals surface area contributed by atoms with E-state index in [0.717, 1.165) is 37.3 Å². The number of hydrogen-bond acceptors (Lipinski definition) is 4. The van der Waals surface area contributed by atoms with Gasteiger partial charge in [-0.05, 0) is 32.1 Å². The number of carbonyl (C=O) groups is 1. The number of aliphatic hydroxyl groups excluding tert-OH is 1. The molecule has 1 atom stereocenters. The summed E-state index contributed by atoms with van der Waals surface area (Å²) in [5, 5.41) is 17.9. The molecule has 1 aliphatic heterocycles. The number of likely N-dealkylation sites (tertiary alicyclic amines) is 1. The van der Waals surface area contributed by atoms with Gasteiger partial charge in [-0.15, -0.1) is 0 Å². The average molecular weight is 360 g/mol. The zero-order valence-electron chi connectivity index (χ0n) is 15.7. The second-order valence-corrected chi connectivity index (χ2v) is 6.99. The van der Waals surface area contributed by atoms with Crippen molar-refractivity contribution in [3.05, 3.63) is 30.0 Å². The molecular formula is C18H28N6O2. The first kappa shape index (κ1) is 18.4. The number of hydrogen-bond donors (Lipinski definition) is 2. The van der Waals surface area contributed by atoms with Crippen LogP contribution in [0.4, 0.5) is 10.6 Å². The van der Waals surface area contributed by atoms with E-state index in [1.165, 1.54) is 0 Å². The summed E-state index contributed by atoms with van der Waals surface area (Å²) in [7, 11) is 1.88. The number of piperidine rings is 1. The molecule has 0 aliphatic carbocycles. The van der Waals surface area contributed by atoms with Crippen LogP contribution in [0, 0.1) is 12.8 Å². The number of rotatable bonds is 5. The van der Waals surface area contributed by atoms with Gasteiger partial charge in [-0.1, -0.05) is 6.92 Å². The minimum Gasteiger partial charge on any atom is -0.385 e. The molecule has 2 N–H and O–H groups in total. The number of nitrogens with zero attached hydrogens (tertiary/aromatic N) is 5. The molecule has 8 nitrogen and oxygen atoms in total. The maximum absolute atomic E-state index is 12.6. The molecule has 0 radical (unpaired) electrons. The Morgan fingerprint density at radius 2 is 2.15 bits per heavy atom. The van der Waals surface area contributed by atoms with E-state index in [2.05, 4.69) is 22.3 Å². The Labute approximate surface area is 153 Å². The normalized spacial score (nSPS) is 16.7. The van der Waals surface area contributed by atoms with Gasteiger partial charge in [-0.2, -0.15) is 5.10 Å². The molecule has 2 aromatic heterocycles. The van der Waals surface area contributed by atoms with Crippen molar-refractivity contribution in [2.24, 2.45) is 13.0 Å². The molecule has 1 fully saturated rings. The molecule has 26 heavy (non-hydrogen) atoms. The van der Waals surface area contributed by atoms with Gasteiger partial charge in [0, 0.05) is 45.1 Å². The van der Waals surface area contributed by atoms with Crippen LogP contribution < -0.4 is 5.32 Å². The molecule has 0 bridgehead atoms. The van der Waals surface area contributed by atoms with Crippen LogP contribution in [0.2, 0.25) is 0 Å². The van der Waals surface area contributed by atoms with Gasteiger partial charge in [-0.3, -0.25) is 5.32 Å². The number of urea groups is 1. The lowest BCUT2D eigenvalue weighted by Crippen LogP contribution is -2.42. The fourth-order valence-electron chi connectivity index (χ4n) is 3.51. The number of amides is 2. The number of nitrogens with one attached hydrogen (secondary N) is 1. The first-order chi connectivity index (χ1) is 12.5. The summed E-state index contributed by atoms with van der Waals surface area (Å²) >= 11 is 0. The Hall–Kier alpha value is -2.35. The van der Waals surface area contributed by atoms with Crippen molar-refractivity contribution in [3.63, 3.8) is 0 Å². The van der Waals surface area contributed by atoms with Crippen molar-refractivity contribution in [3.8, 4) is 0 Å². The predicted octanol–water partition coefficient (Wildman–Crippen LogP) is 2.31. The van der Waals surface area contributed by atoms with Crippen LogP contribution in [-0.2, 0) is 13.6 Å².